The number of benzene rings is 2. The molecule has 0 atom stereocenters. The van der Waals surface area contributed by atoms with Crippen LogP contribution < -0.4 is 4.74 Å². The van der Waals surface area contributed by atoms with Crippen molar-refractivity contribution in [1.29, 1.82) is 5.26 Å². The molecule has 0 spiro atoms. The van der Waals surface area contributed by atoms with Gasteiger partial charge in [-0.3, -0.25) is 14.5 Å². The fraction of sp³-hybridized carbons (Fsp3) is 0.241. The highest BCUT2D eigenvalue weighted by Gasteiger charge is 2.34. The second kappa shape index (κ2) is 10.4. The highest BCUT2D eigenvalue weighted by molar-refractivity contribution is 6.19. The minimum absolute atomic E-state index is 0.0219. The number of hydrogen-bond donors (Lipinski definition) is 0. The number of amides is 2. The predicted molar refractivity (Wildman–Crippen MR) is 138 cm³/mol. The smallest absolute Gasteiger partial charge is 0.271 e. The highest BCUT2D eigenvalue weighted by Crippen LogP contribution is 2.31. The monoisotopic (exact) mass is 480 g/mol. The molecular formula is C29H28N4O3. The van der Waals surface area contributed by atoms with E-state index in [1.165, 1.54) is 0 Å². The van der Waals surface area contributed by atoms with Crippen molar-refractivity contribution >= 4 is 17.9 Å². The van der Waals surface area contributed by atoms with Gasteiger partial charge in [-0.05, 0) is 67.8 Å². The topological polar surface area (TPSA) is 88.2 Å². The molecule has 1 aliphatic rings. The standard InChI is InChI=1S/C29H28N4O3/c1-5-32-28(34)25(20(4)26(16-30)29(32)35)15-22-17-33(23-9-7-6-8-10-23)31-27(22)21-11-13-24(14-12-21)36-18-19(2)3/h6-15,17,19H,5,18H2,1-4H3/b25-15+. The van der Waals surface area contributed by atoms with Gasteiger partial charge in [-0.25, -0.2) is 4.68 Å². The van der Waals surface area contributed by atoms with Gasteiger partial charge in [0, 0.05) is 29.4 Å². The lowest BCUT2D eigenvalue weighted by Gasteiger charge is -2.26. The Bertz CT molecular complexity index is 1390. The minimum atomic E-state index is -0.558. The maximum absolute atomic E-state index is 13.2. The molecule has 0 saturated heterocycles. The lowest BCUT2D eigenvalue weighted by Crippen LogP contribution is -2.42. The van der Waals surface area contributed by atoms with Crippen LogP contribution in [0, 0.1) is 17.2 Å². The summed E-state index contributed by atoms with van der Waals surface area (Å²) in [5, 5.41) is 14.4. The number of rotatable bonds is 7. The molecule has 4 rings (SSSR count). The zero-order chi connectivity index (χ0) is 25.8. The summed E-state index contributed by atoms with van der Waals surface area (Å²) in [6.45, 7) is 8.35. The quantitative estimate of drug-likeness (QED) is 0.343. The number of imide groups is 1. The molecule has 0 saturated carbocycles. The lowest BCUT2D eigenvalue weighted by molar-refractivity contribution is -0.140. The molecule has 1 aromatic heterocycles. The molecule has 182 valence electrons. The first-order valence-corrected chi connectivity index (χ1v) is 11.9. The zero-order valence-corrected chi connectivity index (χ0v) is 20.9. The molecule has 0 radical (unpaired) electrons. The van der Waals surface area contributed by atoms with Crippen LogP contribution >= 0.6 is 0 Å². The first-order chi connectivity index (χ1) is 17.3. The van der Waals surface area contributed by atoms with E-state index < -0.39 is 11.8 Å². The minimum Gasteiger partial charge on any atom is -0.493 e. The maximum Gasteiger partial charge on any atom is 0.271 e. The van der Waals surface area contributed by atoms with Crippen LogP contribution in [0.2, 0.25) is 0 Å². The molecule has 0 unspecified atom stereocenters. The second-order valence-electron chi connectivity index (χ2n) is 8.97. The molecule has 2 aromatic carbocycles. The van der Waals surface area contributed by atoms with E-state index in [1.807, 2.05) is 66.9 Å². The second-order valence-corrected chi connectivity index (χ2v) is 8.97. The van der Waals surface area contributed by atoms with E-state index in [4.69, 9.17) is 9.84 Å². The molecule has 0 N–H and O–H groups in total. The van der Waals surface area contributed by atoms with Crippen LogP contribution in [-0.4, -0.2) is 39.6 Å². The number of para-hydroxylation sites is 1. The van der Waals surface area contributed by atoms with E-state index in [0.717, 1.165) is 21.9 Å². The van der Waals surface area contributed by atoms with E-state index >= 15 is 0 Å². The van der Waals surface area contributed by atoms with Crippen LogP contribution in [0.25, 0.3) is 23.0 Å². The summed E-state index contributed by atoms with van der Waals surface area (Å²) in [4.78, 5) is 26.9. The van der Waals surface area contributed by atoms with Gasteiger partial charge < -0.3 is 4.74 Å². The predicted octanol–water partition coefficient (Wildman–Crippen LogP) is 5.19. The van der Waals surface area contributed by atoms with E-state index in [2.05, 4.69) is 13.8 Å². The van der Waals surface area contributed by atoms with Crippen molar-refractivity contribution in [1.82, 2.24) is 14.7 Å². The van der Waals surface area contributed by atoms with E-state index in [-0.39, 0.29) is 12.1 Å². The molecule has 0 bridgehead atoms. The van der Waals surface area contributed by atoms with Gasteiger partial charge in [0.25, 0.3) is 11.8 Å². The van der Waals surface area contributed by atoms with Crippen molar-refractivity contribution in [3.63, 3.8) is 0 Å². The van der Waals surface area contributed by atoms with Gasteiger partial charge in [0.1, 0.15) is 17.4 Å². The van der Waals surface area contributed by atoms with E-state index in [9.17, 15) is 14.9 Å². The highest BCUT2D eigenvalue weighted by atomic mass is 16.5. The van der Waals surface area contributed by atoms with Crippen LogP contribution in [0.1, 0.15) is 33.3 Å². The van der Waals surface area contributed by atoms with Gasteiger partial charge in [-0.15, -0.1) is 0 Å². The largest absolute Gasteiger partial charge is 0.493 e. The Balaban J connectivity index is 1.84. The van der Waals surface area contributed by atoms with Gasteiger partial charge >= 0.3 is 0 Å². The summed E-state index contributed by atoms with van der Waals surface area (Å²) >= 11 is 0. The number of hydrogen-bond acceptors (Lipinski definition) is 5. The molecule has 2 amide bonds. The summed E-state index contributed by atoms with van der Waals surface area (Å²) in [6.07, 6.45) is 3.56. The van der Waals surface area contributed by atoms with Crippen molar-refractivity contribution < 1.29 is 14.3 Å². The van der Waals surface area contributed by atoms with Crippen LogP contribution in [-0.2, 0) is 9.59 Å². The van der Waals surface area contributed by atoms with Crippen molar-refractivity contribution in [3.8, 4) is 28.8 Å². The Hall–Kier alpha value is -4.44. The third kappa shape index (κ3) is 4.84. The van der Waals surface area contributed by atoms with E-state index in [0.29, 0.717) is 34.9 Å². The zero-order valence-electron chi connectivity index (χ0n) is 20.9. The van der Waals surface area contributed by atoms with Crippen molar-refractivity contribution in [3.05, 3.63) is 83.1 Å². The van der Waals surface area contributed by atoms with Crippen LogP contribution in [0.3, 0.4) is 0 Å². The number of carbonyl (C=O) groups excluding carboxylic acids is 2. The average molecular weight is 481 g/mol. The molecule has 1 aliphatic heterocycles. The van der Waals surface area contributed by atoms with Gasteiger partial charge in [-0.2, -0.15) is 10.4 Å². The first-order valence-electron chi connectivity index (χ1n) is 11.9. The fourth-order valence-electron chi connectivity index (χ4n) is 3.97. The molecule has 0 aliphatic carbocycles. The Morgan fingerprint density at radius 1 is 1.06 bits per heavy atom. The number of nitriles is 1. The van der Waals surface area contributed by atoms with Gasteiger partial charge in [0.05, 0.1) is 18.0 Å². The first kappa shape index (κ1) is 24.7. The normalized spacial score (nSPS) is 15.1. The third-order valence-electron chi connectivity index (χ3n) is 5.92. The van der Waals surface area contributed by atoms with Crippen molar-refractivity contribution in [2.75, 3.05) is 13.2 Å². The number of carbonyl (C=O) groups is 2. The van der Waals surface area contributed by atoms with Crippen molar-refractivity contribution in [2.45, 2.75) is 27.7 Å². The molecule has 0 fully saturated rings. The van der Waals surface area contributed by atoms with Crippen LogP contribution in [0.4, 0.5) is 0 Å². The summed E-state index contributed by atoms with van der Waals surface area (Å²) in [7, 11) is 0. The van der Waals surface area contributed by atoms with Crippen LogP contribution in [0.5, 0.6) is 5.75 Å². The molecule has 3 aromatic rings. The Morgan fingerprint density at radius 2 is 1.75 bits per heavy atom. The average Bonchev–Trinajstić information content (AvgIpc) is 3.31. The number of ether oxygens (including phenoxy) is 1. The molecule has 36 heavy (non-hydrogen) atoms. The fourth-order valence-corrected chi connectivity index (χ4v) is 3.97. The molecule has 7 heteroatoms. The van der Waals surface area contributed by atoms with Gasteiger partial charge in [0.2, 0.25) is 0 Å². The molecular weight excluding hydrogens is 452 g/mol. The molecule has 7 nitrogen and oxygen atoms in total. The maximum atomic E-state index is 13.2. The number of aromatic nitrogens is 2. The molecule has 2 heterocycles. The summed E-state index contributed by atoms with van der Waals surface area (Å²) in [6, 6.07) is 19.3. The Labute approximate surface area is 210 Å². The Morgan fingerprint density at radius 3 is 2.36 bits per heavy atom. The Kier molecular flexibility index (Phi) is 7.16. The SMILES string of the molecule is CCN1C(=O)C(C#N)=C(C)/C(=C\c2cn(-c3ccccc3)nc2-c2ccc(OCC(C)C)cc2)C1=O. The summed E-state index contributed by atoms with van der Waals surface area (Å²) in [5.41, 5.74) is 3.73. The third-order valence-corrected chi connectivity index (χ3v) is 5.92. The van der Waals surface area contributed by atoms with Crippen molar-refractivity contribution in [2.24, 2.45) is 5.92 Å². The lowest BCUT2D eigenvalue weighted by atomic mass is 9.93. The number of nitrogens with zero attached hydrogens (tertiary/aromatic N) is 4. The van der Waals surface area contributed by atoms with E-state index in [1.54, 1.807) is 24.6 Å². The van der Waals surface area contributed by atoms with Gasteiger partial charge in [-0.1, -0.05) is 32.0 Å². The summed E-state index contributed by atoms with van der Waals surface area (Å²) in [5.74, 6) is 0.209. The summed E-state index contributed by atoms with van der Waals surface area (Å²) < 4.78 is 7.57. The van der Waals surface area contributed by atoms with Crippen LogP contribution in [0.15, 0.2) is 77.5 Å². The number of likely N-dealkylation sites (N-methyl/N-ethyl adjacent to an activating group) is 1. The van der Waals surface area contributed by atoms with Gasteiger partial charge in [0.15, 0.2) is 0 Å².